The molecule has 0 aliphatic heterocycles. The minimum Gasteiger partial charge on any atom is -0.495 e. The number of nitro groups is 1. The van der Waals surface area contributed by atoms with Gasteiger partial charge in [-0.15, -0.1) is 0 Å². The number of anilines is 1. The number of rotatable bonds is 5. The van der Waals surface area contributed by atoms with Gasteiger partial charge in [0.1, 0.15) is 11.4 Å². The molecule has 0 atom stereocenters. The van der Waals surface area contributed by atoms with Gasteiger partial charge >= 0.3 is 0 Å². The van der Waals surface area contributed by atoms with Gasteiger partial charge in [-0.1, -0.05) is 24.3 Å². The number of ether oxygens (including phenoxy) is 1. The van der Waals surface area contributed by atoms with Crippen molar-refractivity contribution in [2.45, 2.75) is 6.92 Å². The first-order valence-corrected chi connectivity index (χ1v) is 8.61. The summed E-state index contributed by atoms with van der Waals surface area (Å²) in [6, 6.07) is 14.1. The minimum atomic E-state index is -0.660. The van der Waals surface area contributed by atoms with Crippen LogP contribution in [0, 0.1) is 17.0 Å². The fourth-order valence-electron chi connectivity index (χ4n) is 2.91. The van der Waals surface area contributed by atoms with E-state index in [1.54, 1.807) is 37.3 Å². The van der Waals surface area contributed by atoms with Gasteiger partial charge in [0.15, 0.2) is 5.69 Å². The molecule has 1 amide bonds. The summed E-state index contributed by atoms with van der Waals surface area (Å²) in [5.74, 6) is -0.207. The predicted octanol–water partition coefficient (Wildman–Crippen LogP) is 2.73. The molecule has 0 unspecified atom stereocenters. The smallest absolute Gasteiger partial charge is 0.294 e. The van der Waals surface area contributed by atoms with Crippen LogP contribution < -0.4 is 15.1 Å². The van der Waals surface area contributed by atoms with E-state index in [-0.39, 0.29) is 17.1 Å². The van der Waals surface area contributed by atoms with E-state index in [1.807, 2.05) is 0 Å². The summed E-state index contributed by atoms with van der Waals surface area (Å²) in [6.07, 6.45) is 0. The number of aryl methyl sites for hydroxylation is 1. The summed E-state index contributed by atoms with van der Waals surface area (Å²) in [5, 5.41) is 15.5. The fourth-order valence-corrected chi connectivity index (χ4v) is 2.91. The van der Waals surface area contributed by atoms with Crippen molar-refractivity contribution in [2.24, 2.45) is 0 Å². The minimum absolute atomic E-state index is 0.156. The Morgan fingerprint density at radius 3 is 2.52 bits per heavy atom. The summed E-state index contributed by atoms with van der Waals surface area (Å²) in [5.41, 5.74) is -0.154. The number of hydrogen-bond acceptors (Lipinski definition) is 6. The van der Waals surface area contributed by atoms with Crippen LogP contribution in [0.1, 0.15) is 16.2 Å². The standard InChI is InChI=1S/C20H18N4O5/c1-13-12-17(25)19(20(26)22(2)16-10-6-7-11-18(16)29-3)21-23(13)14-8-4-5-9-15(14)24(27)28/h4-12H,1-3H3. The van der Waals surface area contributed by atoms with E-state index in [0.717, 1.165) is 0 Å². The van der Waals surface area contributed by atoms with Crippen LogP contribution in [0.3, 0.4) is 0 Å². The quantitative estimate of drug-likeness (QED) is 0.486. The Labute approximate surface area is 165 Å². The maximum Gasteiger partial charge on any atom is 0.294 e. The number of nitro benzene ring substituents is 1. The van der Waals surface area contributed by atoms with E-state index >= 15 is 0 Å². The molecule has 2 aromatic carbocycles. The number of aromatic nitrogens is 2. The van der Waals surface area contributed by atoms with E-state index in [2.05, 4.69) is 5.10 Å². The SMILES string of the molecule is COc1ccccc1N(C)C(=O)c1nn(-c2ccccc2[N+](=O)[O-])c(C)cc1=O. The first-order valence-electron chi connectivity index (χ1n) is 8.61. The van der Waals surface area contributed by atoms with E-state index in [1.165, 1.54) is 48.0 Å². The van der Waals surface area contributed by atoms with Crippen LogP contribution in [0.25, 0.3) is 5.69 Å². The molecule has 0 fully saturated rings. The maximum atomic E-state index is 13.0. The van der Waals surface area contributed by atoms with Gasteiger partial charge in [-0.25, -0.2) is 4.68 Å². The number of carbonyl (C=O) groups is 1. The molecule has 1 aromatic heterocycles. The zero-order valence-corrected chi connectivity index (χ0v) is 16.0. The molecule has 0 bridgehead atoms. The number of nitrogens with zero attached hydrogens (tertiary/aromatic N) is 4. The maximum absolute atomic E-state index is 13.0. The normalized spacial score (nSPS) is 10.4. The molecule has 9 heteroatoms. The number of para-hydroxylation sites is 4. The number of carbonyl (C=O) groups excluding carboxylic acids is 1. The average molecular weight is 394 g/mol. The van der Waals surface area contributed by atoms with Gasteiger partial charge in [0, 0.05) is 24.9 Å². The Balaban J connectivity index is 2.12. The largest absolute Gasteiger partial charge is 0.495 e. The van der Waals surface area contributed by atoms with E-state index in [0.29, 0.717) is 17.1 Å². The molecule has 9 nitrogen and oxygen atoms in total. The van der Waals surface area contributed by atoms with E-state index in [9.17, 15) is 19.7 Å². The highest BCUT2D eigenvalue weighted by Gasteiger charge is 2.24. The van der Waals surface area contributed by atoms with Gasteiger partial charge in [-0.3, -0.25) is 19.7 Å². The molecule has 29 heavy (non-hydrogen) atoms. The van der Waals surface area contributed by atoms with Gasteiger partial charge in [-0.2, -0.15) is 5.10 Å². The molecule has 3 rings (SSSR count). The third-order valence-electron chi connectivity index (χ3n) is 4.37. The fraction of sp³-hybridized carbons (Fsp3) is 0.150. The molecule has 0 aliphatic rings. The number of hydrogen-bond donors (Lipinski definition) is 0. The van der Waals surface area contributed by atoms with Crippen LogP contribution in [0.2, 0.25) is 0 Å². The van der Waals surface area contributed by atoms with Crippen molar-refractivity contribution in [1.82, 2.24) is 9.78 Å². The number of amides is 1. The molecule has 0 saturated heterocycles. The highest BCUT2D eigenvalue weighted by Crippen LogP contribution is 2.27. The molecule has 148 valence electrons. The molecule has 0 N–H and O–H groups in total. The second-order valence-corrected chi connectivity index (χ2v) is 6.19. The second kappa shape index (κ2) is 7.93. The van der Waals surface area contributed by atoms with Gasteiger partial charge in [0.05, 0.1) is 17.7 Å². The summed E-state index contributed by atoms with van der Waals surface area (Å²) >= 11 is 0. The van der Waals surface area contributed by atoms with Gasteiger partial charge in [0.2, 0.25) is 5.43 Å². The zero-order chi connectivity index (χ0) is 21.1. The first kappa shape index (κ1) is 19.7. The van der Waals surface area contributed by atoms with Gasteiger partial charge in [-0.05, 0) is 25.1 Å². The Morgan fingerprint density at radius 2 is 1.83 bits per heavy atom. The highest BCUT2D eigenvalue weighted by atomic mass is 16.6. The van der Waals surface area contributed by atoms with Gasteiger partial charge < -0.3 is 9.64 Å². The summed E-state index contributed by atoms with van der Waals surface area (Å²) in [4.78, 5) is 37.6. The lowest BCUT2D eigenvalue weighted by atomic mass is 10.2. The zero-order valence-electron chi connectivity index (χ0n) is 16.0. The van der Waals surface area contributed by atoms with E-state index in [4.69, 9.17) is 4.74 Å². The van der Waals surface area contributed by atoms with Gasteiger partial charge in [0.25, 0.3) is 11.6 Å². The molecular formula is C20H18N4O5. The third kappa shape index (κ3) is 3.70. The molecule has 0 spiro atoms. The van der Waals surface area contributed by atoms with Crippen molar-refractivity contribution >= 4 is 17.3 Å². The van der Waals surface area contributed by atoms with Crippen LogP contribution in [0.5, 0.6) is 5.75 Å². The Kier molecular flexibility index (Phi) is 5.40. The molecule has 0 saturated carbocycles. The first-order chi connectivity index (χ1) is 13.8. The molecule has 0 radical (unpaired) electrons. The molecule has 0 aliphatic carbocycles. The Morgan fingerprint density at radius 1 is 1.17 bits per heavy atom. The van der Waals surface area contributed by atoms with Crippen molar-refractivity contribution in [1.29, 1.82) is 0 Å². The number of benzene rings is 2. The van der Waals surface area contributed by atoms with Crippen LogP contribution in [0.15, 0.2) is 59.4 Å². The van der Waals surface area contributed by atoms with Crippen molar-refractivity contribution in [3.63, 3.8) is 0 Å². The third-order valence-corrected chi connectivity index (χ3v) is 4.37. The van der Waals surface area contributed by atoms with Crippen molar-refractivity contribution in [3.8, 4) is 11.4 Å². The Bertz CT molecular complexity index is 1160. The summed E-state index contributed by atoms with van der Waals surface area (Å²) < 4.78 is 6.49. The van der Waals surface area contributed by atoms with Crippen LogP contribution in [0.4, 0.5) is 11.4 Å². The highest BCUT2D eigenvalue weighted by molar-refractivity contribution is 6.05. The van der Waals surface area contributed by atoms with Crippen molar-refractivity contribution in [2.75, 3.05) is 19.1 Å². The van der Waals surface area contributed by atoms with Crippen molar-refractivity contribution < 1.29 is 14.5 Å². The summed E-state index contributed by atoms with van der Waals surface area (Å²) in [7, 11) is 2.97. The van der Waals surface area contributed by atoms with Crippen LogP contribution in [-0.4, -0.2) is 34.8 Å². The molecule has 1 heterocycles. The monoisotopic (exact) mass is 394 g/mol. The molecule has 3 aromatic rings. The number of methoxy groups -OCH3 is 1. The van der Waals surface area contributed by atoms with E-state index < -0.39 is 16.3 Å². The average Bonchev–Trinajstić information content (AvgIpc) is 2.72. The summed E-state index contributed by atoms with van der Waals surface area (Å²) in [6.45, 7) is 1.59. The Hall–Kier alpha value is -4.01. The van der Waals surface area contributed by atoms with Crippen molar-refractivity contribution in [3.05, 3.63) is 86.3 Å². The van der Waals surface area contributed by atoms with Crippen LogP contribution in [-0.2, 0) is 0 Å². The second-order valence-electron chi connectivity index (χ2n) is 6.19. The lowest BCUT2D eigenvalue weighted by Crippen LogP contribution is -2.34. The molecular weight excluding hydrogens is 376 g/mol. The lowest BCUT2D eigenvalue weighted by molar-refractivity contribution is -0.384. The predicted molar refractivity (Wildman–Crippen MR) is 107 cm³/mol. The van der Waals surface area contributed by atoms with Crippen LogP contribution >= 0.6 is 0 Å². The lowest BCUT2D eigenvalue weighted by Gasteiger charge is -2.20. The topological polar surface area (TPSA) is 108 Å².